The fourth-order valence-corrected chi connectivity index (χ4v) is 3.93. The second-order valence-corrected chi connectivity index (χ2v) is 8.73. The number of rotatable bonds is 13. The average molecular weight is 448 g/mol. The molecule has 4 N–H and O–H groups in total. The summed E-state index contributed by atoms with van der Waals surface area (Å²) in [6.45, 7) is 2.32. The Balaban J connectivity index is 1.56. The summed E-state index contributed by atoms with van der Waals surface area (Å²) in [5.74, 6) is 0.214. The average Bonchev–Trinajstić information content (AvgIpc) is 2.77. The SMILES string of the molecule is CC(CNC(=O)CNC(=O)CCCCNc1ccccn1)NS(=O)(=O)c1ccccc1. The minimum atomic E-state index is -3.65. The summed E-state index contributed by atoms with van der Waals surface area (Å²) in [5, 5.41) is 8.34. The summed E-state index contributed by atoms with van der Waals surface area (Å²) >= 11 is 0. The van der Waals surface area contributed by atoms with Crippen LogP contribution in [-0.2, 0) is 19.6 Å². The Bertz CT molecular complexity index is 923. The van der Waals surface area contributed by atoms with Crippen molar-refractivity contribution in [1.82, 2.24) is 20.3 Å². The molecule has 1 heterocycles. The number of unbranched alkanes of at least 4 members (excludes halogenated alkanes) is 1. The molecule has 0 fully saturated rings. The largest absolute Gasteiger partial charge is 0.370 e. The lowest BCUT2D eigenvalue weighted by atomic mass is 10.2. The zero-order valence-corrected chi connectivity index (χ0v) is 18.3. The lowest BCUT2D eigenvalue weighted by Gasteiger charge is -2.15. The molecule has 0 saturated carbocycles. The van der Waals surface area contributed by atoms with Crippen LogP contribution in [-0.4, -0.2) is 50.9 Å². The molecule has 1 aromatic carbocycles. The highest BCUT2D eigenvalue weighted by Gasteiger charge is 2.17. The highest BCUT2D eigenvalue weighted by Crippen LogP contribution is 2.07. The van der Waals surface area contributed by atoms with E-state index in [0.29, 0.717) is 19.4 Å². The van der Waals surface area contributed by atoms with E-state index in [-0.39, 0.29) is 29.8 Å². The molecular formula is C21H29N5O4S. The van der Waals surface area contributed by atoms with Gasteiger partial charge in [-0.25, -0.2) is 18.1 Å². The molecule has 1 aromatic heterocycles. The molecule has 1 atom stereocenters. The van der Waals surface area contributed by atoms with Crippen molar-refractivity contribution in [2.24, 2.45) is 0 Å². The third-order valence-electron chi connectivity index (χ3n) is 4.26. The summed E-state index contributed by atoms with van der Waals surface area (Å²) in [6, 6.07) is 13.1. The van der Waals surface area contributed by atoms with E-state index in [1.54, 1.807) is 31.3 Å². The Hall–Kier alpha value is -2.98. The van der Waals surface area contributed by atoms with Crippen molar-refractivity contribution in [1.29, 1.82) is 0 Å². The maximum Gasteiger partial charge on any atom is 0.240 e. The Morgan fingerprint density at radius 2 is 1.71 bits per heavy atom. The zero-order chi connectivity index (χ0) is 22.5. The van der Waals surface area contributed by atoms with Gasteiger partial charge < -0.3 is 16.0 Å². The van der Waals surface area contributed by atoms with Gasteiger partial charge in [0.25, 0.3) is 0 Å². The van der Waals surface area contributed by atoms with Crippen LogP contribution in [0.4, 0.5) is 5.82 Å². The predicted molar refractivity (Wildman–Crippen MR) is 119 cm³/mol. The minimum Gasteiger partial charge on any atom is -0.370 e. The van der Waals surface area contributed by atoms with Gasteiger partial charge in [-0.15, -0.1) is 0 Å². The quantitative estimate of drug-likeness (QED) is 0.342. The molecule has 2 amide bonds. The zero-order valence-electron chi connectivity index (χ0n) is 17.5. The summed E-state index contributed by atoms with van der Waals surface area (Å²) in [5.41, 5.74) is 0. The standard InChI is InChI=1S/C21H29N5O4S/c1-17(26-31(29,30)18-9-3-2-4-10-18)15-24-21(28)16-25-20(27)12-6-8-14-23-19-11-5-7-13-22-19/h2-5,7,9-11,13,17,26H,6,8,12,14-16H2,1H3,(H,22,23)(H,24,28)(H,25,27). The van der Waals surface area contributed by atoms with E-state index in [9.17, 15) is 18.0 Å². The van der Waals surface area contributed by atoms with E-state index < -0.39 is 16.1 Å². The maximum atomic E-state index is 12.2. The van der Waals surface area contributed by atoms with Crippen molar-refractivity contribution >= 4 is 27.7 Å². The number of benzene rings is 1. The Kier molecular flexibility index (Phi) is 9.92. The molecule has 0 radical (unpaired) electrons. The van der Waals surface area contributed by atoms with Crippen molar-refractivity contribution in [2.75, 3.05) is 25.0 Å². The fraction of sp³-hybridized carbons (Fsp3) is 0.381. The van der Waals surface area contributed by atoms with Crippen LogP contribution in [0.2, 0.25) is 0 Å². The van der Waals surface area contributed by atoms with Crippen molar-refractivity contribution in [3.63, 3.8) is 0 Å². The van der Waals surface area contributed by atoms with Crippen LogP contribution in [0.5, 0.6) is 0 Å². The molecule has 2 rings (SSSR count). The topological polar surface area (TPSA) is 129 Å². The van der Waals surface area contributed by atoms with Crippen molar-refractivity contribution in [3.05, 3.63) is 54.7 Å². The molecule has 0 aliphatic carbocycles. The van der Waals surface area contributed by atoms with Crippen LogP contribution in [0.1, 0.15) is 26.2 Å². The third-order valence-corrected chi connectivity index (χ3v) is 5.87. The first-order valence-electron chi connectivity index (χ1n) is 10.1. The number of nitrogens with one attached hydrogen (secondary N) is 4. The molecule has 10 heteroatoms. The Morgan fingerprint density at radius 3 is 2.42 bits per heavy atom. The van der Waals surface area contributed by atoms with Gasteiger partial charge in [0.05, 0.1) is 11.4 Å². The number of carbonyl (C=O) groups is 2. The lowest BCUT2D eigenvalue weighted by molar-refractivity contribution is -0.126. The molecule has 168 valence electrons. The number of amides is 2. The number of anilines is 1. The van der Waals surface area contributed by atoms with Gasteiger partial charge in [-0.05, 0) is 44.0 Å². The van der Waals surface area contributed by atoms with Gasteiger partial charge in [0.1, 0.15) is 5.82 Å². The smallest absolute Gasteiger partial charge is 0.240 e. The van der Waals surface area contributed by atoms with Gasteiger partial charge >= 0.3 is 0 Å². The van der Waals surface area contributed by atoms with Gasteiger partial charge in [-0.1, -0.05) is 24.3 Å². The van der Waals surface area contributed by atoms with Gasteiger partial charge in [0.15, 0.2) is 0 Å². The first-order chi connectivity index (χ1) is 14.9. The van der Waals surface area contributed by atoms with Gasteiger partial charge in [0.2, 0.25) is 21.8 Å². The van der Waals surface area contributed by atoms with Crippen LogP contribution in [0.15, 0.2) is 59.6 Å². The van der Waals surface area contributed by atoms with E-state index >= 15 is 0 Å². The van der Waals surface area contributed by atoms with E-state index in [0.717, 1.165) is 12.2 Å². The van der Waals surface area contributed by atoms with Gasteiger partial charge in [-0.2, -0.15) is 0 Å². The van der Waals surface area contributed by atoms with Crippen LogP contribution in [0.3, 0.4) is 0 Å². The first kappa shape index (κ1) is 24.3. The molecule has 0 spiro atoms. The number of pyridine rings is 1. The Morgan fingerprint density at radius 1 is 0.968 bits per heavy atom. The van der Waals surface area contributed by atoms with E-state index in [2.05, 4.69) is 25.7 Å². The lowest BCUT2D eigenvalue weighted by Crippen LogP contribution is -2.44. The van der Waals surface area contributed by atoms with Crippen LogP contribution in [0, 0.1) is 0 Å². The second-order valence-electron chi connectivity index (χ2n) is 7.02. The van der Waals surface area contributed by atoms with E-state index in [4.69, 9.17) is 0 Å². The molecule has 2 aromatic rings. The summed E-state index contributed by atoms with van der Waals surface area (Å²) in [4.78, 5) is 28.1. The van der Waals surface area contributed by atoms with Gasteiger partial charge in [-0.3, -0.25) is 9.59 Å². The number of hydrogen-bond donors (Lipinski definition) is 4. The summed E-state index contributed by atoms with van der Waals surface area (Å²) in [6.07, 6.45) is 3.52. The Labute approximate surface area is 183 Å². The van der Waals surface area contributed by atoms with Crippen molar-refractivity contribution in [2.45, 2.75) is 37.1 Å². The summed E-state index contributed by atoms with van der Waals surface area (Å²) in [7, 11) is -3.65. The normalized spacial score (nSPS) is 12.0. The molecule has 0 saturated heterocycles. The predicted octanol–water partition coefficient (Wildman–Crippen LogP) is 1.26. The molecule has 0 bridgehead atoms. The van der Waals surface area contributed by atoms with Gasteiger partial charge in [0, 0.05) is 31.7 Å². The number of carbonyl (C=O) groups excluding carboxylic acids is 2. The molecule has 0 aliphatic heterocycles. The molecule has 0 aliphatic rings. The highest BCUT2D eigenvalue weighted by molar-refractivity contribution is 7.89. The second kappa shape index (κ2) is 12.7. The van der Waals surface area contributed by atoms with Crippen molar-refractivity contribution in [3.8, 4) is 0 Å². The third kappa shape index (κ3) is 9.58. The fourth-order valence-electron chi connectivity index (χ4n) is 2.67. The molecule has 9 nitrogen and oxygen atoms in total. The first-order valence-corrected chi connectivity index (χ1v) is 11.6. The van der Waals surface area contributed by atoms with E-state index in [1.807, 2.05) is 18.2 Å². The molecule has 1 unspecified atom stereocenters. The minimum absolute atomic E-state index is 0.111. The number of sulfonamides is 1. The van der Waals surface area contributed by atoms with Crippen LogP contribution in [0.25, 0.3) is 0 Å². The van der Waals surface area contributed by atoms with Crippen LogP contribution < -0.4 is 20.7 Å². The molecular weight excluding hydrogens is 418 g/mol. The summed E-state index contributed by atoms with van der Waals surface area (Å²) < 4.78 is 27.0. The van der Waals surface area contributed by atoms with E-state index in [1.165, 1.54) is 12.1 Å². The number of nitrogens with zero attached hydrogens (tertiary/aromatic N) is 1. The van der Waals surface area contributed by atoms with Crippen LogP contribution >= 0.6 is 0 Å². The highest BCUT2D eigenvalue weighted by atomic mass is 32.2. The number of aromatic nitrogens is 1. The monoisotopic (exact) mass is 447 g/mol. The number of hydrogen-bond acceptors (Lipinski definition) is 6. The van der Waals surface area contributed by atoms with Crippen molar-refractivity contribution < 1.29 is 18.0 Å². The maximum absolute atomic E-state index is 12.2. The molecule has 31 heavy (non-hydrogen) atoms.